The molecule has 5 heteroatoms. The molecule has 1 atom stereocenters. The number of amides is 1. The summed E-state index contributed by atoms with van der Waals surface area (Å²) in [7, 11) is 0. The molecule has 0 aromatic carbocycles. The molecule has 1 amide bonds. The van der Waals surface area contributed by atoms with Crippen LogP contribution in [0.25, 0.3) is 0 Å². The minimum Gasteiger partial charge on any atom is -0.353 e. The first-order chi connectivity index (χ1) is 10.7. The summed E-state index contributed by atoms with van der Waals surface area (Å²) >= 11 is 0. The van der Waals surface area contributed by atoms with Crippen LogP contribution in [0, 0.1) is 6.92 Å². The van der Waals surface area contributed by atoms with Crippen LogP contribution in [-0.2, 0) is 11.2 Å². The van der Waals surface area contributed by atoms with E-state index in [1.807, 2.05) is 6.92 Å². The molecule has 1 aliphatic carbocycles. The van der Waals surface area contributed by atoms with Gasteiger partial charge in [0.05, 0.1) is 0 Å². The molecule has 3 rings (SSSR count). The van der Waals surface area contributed by atoms with E-state index in [-0.39, 0.29) is 5.91 Å². The Labute approximate surface area is 132 Å². The second-order valence-corrected chi connectivity index (χ2v) is 6.57. The Bertz CT molecular complexity index is 521. The Morgan fingerprint density at radius 2 is 2.18 bits per heavy atom. The van der Waals surface area contributed by atoms with E-state index in [0.29, 0.717) is 24.8 Å². The van der Waals surface area contributed by atoms with Crippen molar-refractivity contribution >= 4 is 5.91 Å². The van der Waals surface area contributed by atoms with Crippen LogP contribution in [0.15, 0.2) is 6.07 Å². The lowest BCUT2D eigenvalue weighted by atomic mass is 9.93. The van der Waals surface area contributed by atoms with Crippen LogP contribution < -0.4 is 10.6 Å². The molecule has 1 aromatic heterocycles. The van der Waals surface area contributed by atoms with E-state index in [0.717, 1.165) is 43.1 Å². The molecule has 22 heavy (non-hydrogen) atoms. The smallest absolute Gasteiger partial charge is 0.220 e. The second kappa shape index (κ2) is 7.18. The van der Waals surface area contributed by atoms with Crippen LogP contribution in [0.1, 0.15) is 61.7 Å². The molecule has 2 fully saturated rings. The van der Waals surface area contributed by atoms with Crippen molar-refractivity contribution in [3.8, 4) is 0 Å². The number of hydrogen-bond donors (Lipinski definition) is 2. The predicted molar refractivity (Wildman–Crippen MR) is 85.7 cm³/mol. The molecule has 1 aromatic rings. The zero-order valence-corrected chi connectivity index (χ0v) is 13.4. The monoisotopic (exact) mass is 302 g/mol. The average Bonchev–Trinajstić information content (AvgIpc) is 2.49. The van der Waals surface area contributed by atoms with Gasteiger partial charge in [-0.2, -0.15) is 0 Å². The molecule has 1 saturated heterocycles. The third-order valence-corrected chi connectivity index (χ3v) is 4.70. The third kappa shape index (κ3) is 4.03. The summed E-state index contributed by atoms with van der Waals surface area (Å²) in [6.45, 7) is 4.05. The van der Waals surface area contributed by atoms with Gasteiger partial charge in [0, 0.05) is 36.3 Å². The Kier molecular flexibility index (Phi) is 5.03. The molecular formula is C17H26N4O. The molecule has 0 unspecified atom stereocenters. The number of rotatable bonds is 5. The highest BCUT2D eigenvalue weighted by molar-refractivity contribution is 5.76. The van der Waals surface area contributed by atoms with Gasteiger partial charge in [0.15, 0.2) is 0 Å². The van der Waals surface area contributed by atoms with Gasteiger partial charge in [-0.05, 0) is 58.1 Å². The SMILES string of the molecule is Cc1nc(CCC(=O)NC2CCC2)cc([C@H]2CCCNC2)n1. The van der Waals surface area contributed by atoms with Crippen molar-refractivity contribution in [2.45, 2.75) is 63.8 Å². The van der Waals surface area contributed by atoms with Gasteiger partial charge in [-0.3, -0.25) is 4.79 Å². The van der Waals surface area contributed by atoms with Gasteiger partial charge in [-0.15, -0.1) is 0 Å². The first kappa shape index (κ1) is 15.4. The Morgan fingerprint density at radius 3 is 2.86 bits per heavy atom. The number of carbonyl (C=O) groups excluding carboxylic acids is 1. The highest BCUT2D eigenvalue weighted by atomic mass is 16.1. The maximum absolute atomic E-state index is 11.9. The van der Waals surface area contributed by atoms with E-state index in [1.54, 1.807) is 0 Å². The van der Waals surface area contributed by atoms with Gasteiger partial charge < -0.3 is 10.6 Å². The molecule has 5 nitrogen and oxygen atoms in total. The first-order valence-electron chi connectivity index (χ1n) is 8.55. The van der Waals surface area contributed by atoms with Crippen molar-refractivity contribution in [2.75, 3.05) is 13.1 Å². The van der Waals surface area contributed by atoms with Gasteiger partial charge in [-0.25, -0.2) is 9.97 Å². The number of aryl methyl sites for hydroxylation is 2. The van der Waals surface area contributed by atoms with Gasteiger partial charge in [0.25, 0.3) is 0 Å². The summed E-state index contributed by atoms with van der Waals surface area (Å²) in [6.07, 6.45) is 7.13. The van der Waals surface area contributed by atoms with E-state index in [4.69, 9.17) is 0 Å². The Morgan fingerprint density at radius 1 is 1.32 bits per heavy atom. The number of carbonyl (C=O) groups is 1. The Balaban J connectivity index is 1.57. The topological polar surface area (TPSA) is 66.9 Å². The van der Waals surface area contributed by atoms with Crippen molar-refractivity contribution in [1.29, 1.82) is 0 Å². The summed E-state index contributed by atoms with van der Waals surface area (Å²) in [5, 5.41) is 6.52. The molecule has 0 spiro atoms. The van der Waals surface area contributed by atoms with Crippen LogP contribution >= 0.6 is 0 Å². The van der Waals surface area contributed by atoms with Gasteiger partial charge in [0.1, 0.15) is 5.82 Å². The van der Waals surface area contributed by atoms with E-state index < -0.39 is 0 Å². The molecule has 120 valence electrons. The fourth-order valence-corrected chi connectivity index (χ4v) is 3.19. The largest absolute Gasteiger partial charge is 0.353 e. The molecule has 2 heterocycles. The number of nitrogens with zero attached hydrogens (tertiary/aromatic N) is 2. The van der Waals surface area contributed by atoms with E-state index in [2.05, 4.69) is 26.7 Å². The number of nitrogens with one attached hydrogen (secondary N) is 2. The molecule has 0 radical (unpaired) electrons. The van der Waals surface area contributed by atoms with E-state index >= 15 is 0 Å². The van der Waals surface area contributed by atoms with Crippen molar-refractivity contribution in [3.63, 3.8) is 0 Å². The summed E-state index contributed by atoms with van der Waals surface area (Å²) in [6, 6.07) is 2.52. The number of piperidine rings is 1. The van der Waals surface area contributed by atoms with Crippen LogP contribution in [0.3, 0.4) is 0 Å². The zero-order chi connectivity index (χ0) is 15.4. The standard InChI is InChI=1S/C17H26N4O/c1-12-19-15(7-8-17(22)21-14-5-2-6-14)10-16(20-12)13-4-3-9-18-11-13/h10,13-14,18H,2-9,11H2,1H3,(H,21,22)/t13-/m0/s1. The maximum Gasteiger partial charge on any atom is 0.220 e. The fraction of sp³-hybridized carbons (Fsp3) is 0.706. The van der Waals surface area contributed by atoms with Crippen LogP contribution in [0.5, 0.6) is 0 Å². The number of aromatic nitrogens is 2. The lowest BCUT2D eigenvalue weighted by Gasteiger charge is -2.26. The quantitative estimate of drug-likeness (QED) is 0.871. The molecular weight excluding hydrogens is 276 g/mol. The number of hydrogen-bond acceptors (Lipinski definition) is 4. The third-order valence-electron chi connectivity index (χ3n) is 4.70. The zero-order valence-electron chi connectivity index (χ0n) is 13.4. The van der Waals surface area contributed by atoms with Crippen LogP contribution in [0.4, 0.5) is 0 Å². The van der Waals surface area contributed by atoms with Crippen molar-refractivity contribution in [2.24, 2.45) is 0 Å². The van der Waals surface area contributed by atoms with Gasteiger partial charge in [0.2, 0.25) is 5.91 Å². The minimum atomic E-state index is 0.154. The first-order valence-corrected chi connectivity index (χ1v) is 8.55. The highest BCUT2D eigenvalue weighted by Crippen LogP contribution is 2.22. The van der Waals surface area contributed by atoms with Crippen LogP contribution in [0.2, 0.25) is 0 Å². The lowest BCUT2D eigenvalue weighted by molar-refractivity contribution is -0.122. The maximum atomic E-state index is 11.9. The molecule has 2 aliphatic rings. The normalized spacial score (nSPS) is 22.1. The van der Waals surface area contributed by atoms with Crippen molar-refractivity contribution in [1.82, 2.24) is 20.6 Å². The minimum absolute atomic E-state index is 0.154. The van der Waals surface area contributed by atoms with Gasteiger partial charge in [-0.1, -0.05) is 0 Å². The predicted octanol–water partition coefficient (Wildman–Crippen LogP) is 1.85. The van der Waals surface area contributed by atoms with Crippen molar-refractivity contribution in [3.05, 3.63) is 23.3 Å². The fourth-order valence-electron chi connectivity index (χ4n) is 3.19. The van der Waals surface area contributed by atoms with Crippen molar-refractivity contribution < 1.29 is 4.79 Å². The van der Waals surface area contributed by atoms with Gasteiger partial charge >= 0.3 is 0 Å². The summed E-state index contributed by atoms with van der Waals surface area (Å²) in [5.74, 6) is 1.46. The van der Waals surface area contributed by atoms with Crippen LogP contribution in [-0.4, -0.2) is 35.0 Å². The second-order valence-electron chi connectivity index (χ2n) is 6.57. The Hall–Kier alpha value is -1.49. The molecule has 1 aliphatic heterocycles. The molecule has 1 saturated carbocycles. The van der Waals surface area contributed by atoms with E-state index in [1.165, 1.54) is 19.3 Å². The summed E-state index contributed by atoms with van der Waals surface area (Å²) in [4.78, 5) is 21.0. The lowest BCUT2D eigenvalue weighted by Crippen LogP contribution is -2.39. The average molecular weight is 302 g/mol. The molecule has 0 bridgehead atoms. The molecule has 2 N–H and O–H groups in total. The van der Waals surface area contributed by atoms with E-state index in [9.17, 15) is 4.79 Å². The highest BCUT2D eigenvalue weighted by Gasteiger charge is 2.20. The summed E-state index contributed by atoms with van der Waals surface area (Å²) < 4.78 is 0. The summed E-state index contributed by atoms with van der Waals surface area (Å²) in [5.41, 5.74) is 2.13.